The molecule has 0 spiro atoms. The Morgan fingerprint density at radius 2 is 2.00 bits per heavy atom. The first-order valence-electron chi connectivity index (χ1n) is 3.31. The molecule has 13 heavy (non-hydrogen) atoms. The van der Waals surface area contributed by atoms with E-state index in [2.05, 4.69) is 15.9 Å². The van der Waals surface area contributed by atoms with Gasteiger partial charge in [0.05, 0.1) is 0 Å². The van der Waals surface area contributed by atoms with Gasteiger partial charge in [-0.3, -0.25) is 0 Å². The van der Waals surface area contributed by atoms with Crippen molar-refractivity contribution in [2.75, 3.05) is 0 Å². The van der Waals surface area contributed by atoms with Crippen LogP contribution < -0.4 is 5.14 Å². The second-order valence-corrected chi connectivity index (χ2v) is 5.03. The summed E-state index contributed by atoms with van der Waals surface area (Å²) in [6.45, 7) is 1.47. The Bertz CT molecular complexity index is 444. The quantitative estimate of drug-likeness (QED) is 0.839. The topological polar surface area (TPSA) is 60.2 Å². The van der Waals surface area contributed by atoms with Crippen molar-refractivity contribution in [1.82, 2.24) is 0 Å². The van der Waals surface area contributed by atoms with Crippen LogP contribution in [0.15, 0.2) is 21.5 Å². The number of hydrogen-bond donors (Lipinski definition) is 1. The fourth-order valence-electron chi connectivity index (χ4n) is 0.902. The van der Waals surface area contributed by atoms with Crippen LogP contribution in [-0.4, -0.2) is 8.42 Å². The van der Waals surface area contributed by atoms with E-state index in [9.17, 15) is 12.8 Å². The molecule has 1 aromatic rings. The smallest absolute Gasteiger partial charge is 0.225 e. The molecule has 0 aliphatic heterocycles. The molecule has 6 heteroatoms. The molecule has 0 atom stereocenters. The average molecular weight is 268 g/mol. The second kappa shape index (κ2) is 3.36. The number of hydrogen-bond acceptors (Lipinski definition) is 2. The molecule has 2 N–H and O–H groups in total. The first kappa shape index (κ1) is 10.6. The van der Waals surface area contributed by atoms with Crippen LogP contribution >= 0.6 is 15.9 Å². The van der Waals surface area contributed by atoms with Gasteiger partial charge in [-0.15, -0.1) is 0 Å². The number of halogens is 2. The van der Waals surface area contributed by atoms with Crippen molar-refractivity contribution in [3.63, 3.8) is 0 Å². The predicted octanol–water partition coefficient (Wildman–Crippen LogP) is 1.54. The van der Waals surface area contributed by atoms with E-state index in [4.69, 9.17) is 5.14 Å². The summed E-state index contributed by atoms with van der Waals surface area (Å²) in [6, 6.07) is 2.61. The van der Waals surface area contributed by atoms with E-state index in [1.165, 1.54) is 13.0 Å². The molecule has 0 aromatic heterocycles. The van der Waals surface area contributed by atoms with Gasteiger partial charge in [0.15, 0.2) is 0 Å². The molecular formula is C7H7BrFNO2S. The average Bonchev–Trinajstić information content (AvgIpc) is 1.94. The highest BCUT2D eigenvalue weighted by atomic mass is 79.9. The molecule has 0 aliphatic carbocycles. The van der Waals surface area contributed by atoms with Gasteiger partial charge < -0.3 is 0 Å². The number of aryl methyl sites for hydroxylation is 1. The molecular weight excluding hydrogens is 261 g/mol. The lowest BCUT2D eigenvalue weighted by Crippen LogP contribution is -2.14. The molecule has 0 aliphatic rings. The maximum atomic E-state index is 13.2. The fraction of sp³-hybridized carbons (Fsp3) is 0.143. The molecule has 3 nitrogen and oxygen atoms in total. The van der Waals surface area contributed by atoms with E-state index in [1.807, 2.05) is 0 Å². The van der Waals surface area contributed by atoms with Crippen LogP contribution in [0.3, 0.4) is 0 Å². The highest BCUT2D eigenvalue weighted by molar-refractivity contribution is 9.10. The molecule has 72 valence electrons. The van der Waals surface area contributed by atoms with Gasteiger partial charge in [0.25, 0.3) is 0 Å². The number of nitrogens with two attached hydrogens (primary N) is 1. The van der Waals surface area contributed by atoms with E-state index in [0.717, 1.165) is 6.07 Å². The lowest BCUT2D eigenvalue weighted by molar-refractivity contribution is 0.562. The second-order valence-electron chi connectivity index (χ2n) is 2.58. The number of sulfonamides is 1. The molecule has 1 aromatic carbocycles. The summed E-state index contributed by atoms with van der Waals surface area (Å²) < 4.78 is 35.4. The molecule has 0 fully saturated rings. The molecule has 0 unspecified atom stereocenters. The van der Waals surface area contributed by atoms with Crippen LogP contribution in [-0.2, 0) is 10.0 Å². The van der Waals surface area contributed by atoms with Crippen molar-refractivity contribution < 1.29 is 12.8 Å². The maximum absolute atomic E-state index is 13.2. The third-order valence-electron chi connectivity index (χ3n) is 1.49. The lowest BCUT2D eigenvalue weighted by Gasteiger charge is -2.03. The van der Waals surface area contributed by atoms with Crippen LogP contribution in [0.2, 0.25) is 0 Å². The molecule has 0 heterocycles. The van der Waals surface area contributed by atoms with Crippen molar-refractivity contribution in [2.45, 2.75) is 11.8 Å². The first-order chi connectivity index (χ1) is 5.82. The highest BCUT2D eigenvalue weighted by Gasteiger charge is 2.16. The third-order valence-corrected chi connectivity index (χ3v) is 2.86. The molecule has 0 radical (unpaired) electrons. The van der Waals surface area contributed by atoms with Gasteiger partial charge in [0.2, 0.25) is 10.0 Å². The van der Waals surface area contributed by atoms with E-state index < -0.39 is 20.7 Å². The van der Waals surface area contributed by atoms with E-state index in [1.54, 1.807) is 0 Å². The summed E-state index contributed by atoms with van der Waals surface area (Å²) in [5.41, 5.74) is 0.235. The Labute approximate surface area is 83.9 Å². The normalized spacial score (nSPS) is 11.7. The highest BCUT2D eigenvalue weighted by Crippen LogP contribution is 2.22. The Balaban J connectivity index is 3.56. The first-order valence-corrected chi connectivity index (χ1v) is 5.65. The summed E-state index contributed by atoms with van der Waals surface area (Å²) in [5, 5.41) is 4.81. The summed E-state index contributed by atoms with van der Waals surface area (Å²) in [6.07, 6.45) is 0. The van der Waals surface area contributed by atoms with Crippen LogP contribution in [0.1, 0.15) is 5.56 Å². The van der Waals surface area contributed by atoms with Gasteiger partial charge in [0.1, 0.15) is 10.7 Å². The summed E-state index contributed by atoms with van der Waals surface area (Å²) in [5.74, 6) is -0.800. The monoisotopic (exact) mass is 267 g/mol. The summed E-state index contributed by atoms with van der Waals surface area (Å²) in [7, 11) is -3.98. The van der Waals surface area contributed by atoms with Crippen molar-refractivity contribution in [2.24, 2.45) is 5.14 Å². The van der Waals surface area contributed by atoms with E-state index in [0.29, 0.717) is 4.47 Å². The molecule has 0 saturated carbocycles. The van der Waals surface area contributed by atoms with Gasteiger partial charge in [-0.2, -0.15) is 0 Å². The van der Waals surface area contributed by atoms with Crippen LogP contribution in [0.4, 0.5) is 4.39 Å². The van der Waals surface area contributed by atoms with Crippen molar-refractivity contribution in [3.8, 4) is 0 Å². The Kier molecular flexibility index (Phi) is 2.74. The molecule has 0 amide bonds. The third kappa shape index (κ3) is 2.26. The summed E-state index contributed by atoms with van der Waals surface area (Å²) in [4.78, 5) is -0.487. The fourth-order valence-corrected chi connectivity index (χ4v) is 2.33. The SMILES string of the molecule is Cc1cc(Br)cc(S(N)(=O)=O)c1F. The lowest BCUT2D eigenvalue weighted by atomic mass is 10.2. The largest absolute Gasteiger partial charge is 0.241 e. The zero-order valence-electron chi connectivity index (χ0n) is 6.71. The zero-order chi connectivity index (χ0) is 10.2. The number of benzene rings is 1. The standard InChI is InChI=1S/C7H7BrFNO2S/c1-4-2-5(8)3-6(7(4)9)13(10,11)12/h2-3H,1H3,(H2,10,11,12). The van der Waals surface area contributed by atoms with Crippen molar-refractivity contribution >= 4 is 26.0 Å². The molecule has 0 bridgehead atoms. The maximum Gasteiger partial charge on any atom is 0.241 e. The molecule has 0 saturated heterocycles. The van der Waals surface area contributed by atoms with Gasteiger partial charge in [-0.25, -0.2) is 17.9 Å². The van der Waals surface area contributed by atoms with Crippen molar-refractivity contribution in [1.29, 1.82) is 0 Å². The van der Waals surface area contributed by atoms with Gasteiger partial charge in [-0.1, -0.05) is 15.9 Å². The van der Waals surface area contributed by atoms with Gasteiger partial charge >= 0.3 is 0 Å². The van der Waals surface area contributed by atoms with Gasteiger partial charge in [-0.05, 0) is 24.6 Å². The Morgan fingerprint density at radius 3 is 2.46 bits per heavy atom. The number of rotatable bonds is 1. The van der Waals surface area contributed by atoms with Crippen LogP contribution in [0.5, 0.6) is 0 Å². The Morgan fingerprint density at radius 1 is 1.46 bits per heavy atom. The zero-order valence-corrected chi connectivity index (χ0v) is 9.12. The molecule has 1 rings (SSSR count). The van der Waals surface area contributed by atoms with Crippen LogP contribution in [0, 0.1) is 12.7 Å². The number of primary sulfonamides is 1. The minimum absolute atomic E-state index is 0.235. The van der Waals surface area contributed by atoms with E-state index >= 15 is 0 Å². The predicted molar refractivity (Wildman–Crippen MR) is 50.2 cm³/mol. The van der Waals surface area contributed by atoms with E-state index in [-0.39, 0.29) is 5.56 Å². The Hall–Kier alpha value is -0.460. The van der Waals surface area contributed by atoms with Crippen molar-refractivity contribution in [3.05, 3.63) is 28.0 Å². The minimum Gasteiger partial charge on any atom is -0.225 e. The summed E-state index contributed by atoms with van der Waals surface area (Å²) >= 11 is 3.05. The van der Waals surface area contributed by atoms with Gasteiger partial charge in [0, 0.05) is 4.47 Å². The minimum atomic E-state index is -3.98. The van der Waals surface area contributed by atoms with Crippen LogP contribution in [0.25, 0.3) is 0 Å².